The van der Waals surface area contributed by atoms with E-state index in [-0.39, 0.29) is 0 Å². The van der Waals surface area contributed by atoms with Crippen LogP contribution in [0, 0.1) is 11.3 Å². The van der Waals surface area contributed by atoms with Gasteiger partial charge >= 0.3 is 0 Å². The van der Waals surface area contributed by atoms with Crippen LogP contribution in [0.1, 0.15) is 12.5 Å². The first-order chi connectivity index (χ1) is 7.85. The maximum Gasteiger partial charge on any atom is 0.0981 e. The minimum absolute atomic E-state index is 0.379. The van der Waals surface area contributed by atoms with Crippen LogP contribution in [0.5, 0.6) is 0 Å². The van der Waals surface area contributed by atoms with E-state index in [0.29, 0.717) is 6.42 Å². The minimum Gasteiger partial charge on any atom is -0.272 e. The lowest BCUT2D eigenvalue weighted by atomic mass is 10.1. The predicted octanol–water partition coefficient (Wildman–Crippen LogP) is 2.03. The summed E-state index contributed by atoms with van der Waals surface area (Å²) in [6, 6.07) is 5.98. The molecule has 16 heavy (non-hydrogen) atoms. The number of aromatic nitrogens is 3. The molecule has 0 fully saturated rings. The van der Waals surface area contributed by atoms with Gasteiger partial charge in [0.25, 0.3) is 0 Å². The Morgan fingerprint density at radius 3 is 3.00 bits per heavy atom. The largest absolute Gasteiger partial charge is 0.272 e. The van der Waals surface area contributed by atoms with Crippen molar-refractivity contribution in [2.45, 2.75) is 19.9 Å². The van der Waals surface area contributed by atoms with Crippen molar-refractivity contribution in [1.29, 1.82) is 5.26 Å². The maximum absolute atomic E-state index is 8.77. The van der Waals surface area contributed by atoms with Gasteiger partial charge in [0.15, 0.2) is 0 Å². The van der Waals surface area contributed by atoms with Crippen LogP contribution >= 0.6 is 0 Å². The van der Waals surface area contributed by atoms with Crippen LogP contribution in [0.2, 0.25) is 0 Å². The van der Waals surface area contributed by atoms with Crippen molar-refractivity contribution in [1.82, 2.24) is 14.8 Å². The number of hydrogen-bond donors (Lipinski definition) is 0. The normalized spacial score (nSPS) is 10.0. The lowest BCUT2D eigenvalue weighted by Crippen LogP contribution is -1.93. The first kappa shape index (κ1) is 10.4. The van der Waals surface area contributed by atoms with Crippen LogP contribution in [0.15, 0.2) is 30.7 Å². The van der Waals surface area contributed by atoms with E-state index < -0.39 is 0 Å². The van der Waals surface area contributed by atoms with Crippen LogP contribution in [-0.2, 0) is 13.0 Å². The van der Waals surface area contributed by atoms with E-state index in [0.717, 1.165) is 23.4 Å². The zero-order valence-electron chi connectivity index (χ0n) is 9.09. The quantitative estimate of drug-likeness (QED) is 0.782. The van der Waals surface area contributed by atoms with Crippen molar-refractivity contribution < 1.29 is 0 Å². The Kier molecular flexibility index (Phi) is 2.97. The molecular weight excluding hydrogens is 200 g/mol. The number of nitriles is 1. The van der Waals surface area contributed by atoms with E-state index in [1.807, 2.05) is 29.9 Å². The van der Waals surface area contributed by atoms with E-state index in [1.54, 1.807) is 12.4 Å². The number of nitrogens with zero attached hydrogens (tertiary/aromatic N) is 4. The molecule has 0 N–H and O–H groups in total. The third-order valence-corrected chi connectivity index (χ3v) is 2.37. The van der Waals surface area contributed by atoms with Crippen LogP contribution in [-0.4, -0.2) is 14.8 Å². The fourth-order valence-corrected chi connectivity index (χ4v) is 1.59. The lowest BCUT2D eigenvalue weighted by molar-refractivity contribution is 0.661. The highest BCUT2D eigenvalue weighted by Crippen LogP contribution is 2.21. The van der Waals surface area contributed by atoms with E-state index in [2.05, 4.69) is 16.2 Å². The number of pyridine rings is 1. The fraction of sp³-hybridized carbons (Fsp3) is 0.250. The third-order valence-electron chi connectivity index (χ3n) is 2.37. The molecule has 2 rings (SSSR count). The Morgan fingerprint density at radius 2 is 2.38 bits per heavy atom. The Balaban J connectivity index is 2.47. The van der Waals surface area contributed by atoms with Crippen molar-refractivity contribution in [3.63, 3.8) is 0 Å². The molecule has 0 radical (unpaired) electrons. The molecule has 2 aromatic rings. The first-order valence-corrected chi connectivity index (χ1v) is 5.18. The van der Waals surface area contributed by atoms with Gasteiger partial charge in [0.1, 0.15) is 0 Å². The molecule has 0 bridgehead atoms. The predicted molar refractivity (Wildman–Crippen MR) is 60.4 cm³/mol. The van der Waals surface area contributed by atoms with Crippen LogP contribution in [0.4, 0.5) is 0 Å². The average molecular weight is 212 g/mol. The van der Waals surface area contributed by atoms with Gasteiger partial charge in [-0.05, 0) is 19.1 Å². The smallest absolute Gasteiger partial charge is 0.0981 e. The Bertz CT molecular complexity index is 508. The number of hydrogen-bond acceptors (Lipinski definition) is 3. The molecule has 80 valence electrons. The highest BCUT2D eigenvalue weighted by atomic mass is 15.3. The molecule has 4 heteroatoms. The second-order valence-electron chi connectivity index (χ2n) is 3.44. The second-order valence-corrected chi connectivity index (χ2v) is 3.44. The maximum atomic E-state index is 8.77. The van der Waals surface area contributed by atoms with Crippen LogP contribution in [0.25, 0.3) is 11.3 Å². The molecule has 0 atom stereocenters. The van der Waals surface area contributed by atoms with Gasteiger partial charge in [-0.25, -0.2) is 0 Å². The van der Waals surface area contributed by atoms with Crippen molar-refractivity contribution >= 4 is 0 Å². The van der Waals surface area contributed by atoms with Gasteiger partial charge in [-0.1, -0.05) is 0 Å². The summed E-state index contributed by atoms with van der Waals surface area (Å²) in [5.74, 6) is 0. The van der Waals surface area contributed by atoms with Gasteiger partial charge in [-0.15, -0.1) is 0 Å². The number of rotatable bonds is 3. The van der Waals surface area contributed by atoms with Gasteiger partial charge < -0.3 is 0 Å². The van der Waals surface area contributed by atoms with E-state index in [9.17, 15) is 0 Å². The summed E-state index contributed by atoms with van der Waals surface area (Å²) in [6.07, 6.45) is 5.79. The molecule has 0 aromatic carbocycles. The SMILES string of the molecule is CCn1cc(CC#N)c(-c2cccnc2)n1. The van der Waals surface area contributed by atoms with Gasteiger partial charge in [0.05, 0.1) is 18.2 Å². The van der Waals surface area contributed by atoms with Crippen LogP contribution in [0.3, 0.4) is 0 Å². The topological polar surface area (TPSA) is 54.5 Å². The molecule has 0 unspecified atom stereocenters. The van der Waals surface area contributed by atoms with E-state index in [1.165, 1.54) is 0 Å². The average Bonchev–Trinajstić information content (AvgIpc) is 2.74. The second kappa shape index (κ2) is 4.58. The molecule has 0 aliphatic carbocycles. The van der Waals surface area contributed by atoms with E-state index in [4.69, 9.17) is 5.26 Å². The van der Waals surface area contributed by atoms with Crippen molar-refractivity contribution in [3.05, 3.63) is 36.3 Å². The Morgan fingerprint density at radius 1 is 1.50 bits per heavy atom. The molecule has 0 amide bonds. The monoisotopic (exact) mass is 212 g/mol. The molecule has 0 saturated heterocycles. The first-order valence-electron chi connectivity index (χ1n) is 5.18. The molecule has 2 heterocycles. The lowest BCUT2D eigenvalue weighted by Gasteiger charge is -1.97. The Labute approximate surface area is 94.2 Å². The number of aryl methyl sites for hydroxylation is 1. The minimum atomic E-state index is 0.379. The molecule has 4 nitrogen and oxygen atoms in total. The molecular formula is C12H12N4. The fourth-order valence-electron chi connectivity index (χ4n) is 1.59. The molecule has 0 saturated carbocycles. The van der Waals surface area contributed by atoms with E-state index >= 15 is 0 Å². The molecule has 0 spiro atoms. The van der Waals surface area contributed by atoms with Gasteiger partial charge in [-0.2, -0.15) is 10.4 Å². The standard InChI is InChI=1S/C12H12N4/c1-2-16-9-11(5-6-13)12(15-16)10-4-3-7-14-8-10/h3-4,7-9H,2,5H2,1H3. The third kappa shape index (κ3) is 1.94. The molecule has 0 aliphatic rings. The van der Waals surface area contributed by atoms with Gasteiger partial charge in [0, 0.05) is 36.3 Å². The highest BCUT2D eigenvalue weighted by molar-refractivity contribution is 5.61. The zero-order valence-corrected chi connectivity index (χ0v) is 9.09. The van der Waals surface area contributed by atoms with Gasteiger partial charge in [-0.3, -0.25) is 9.67 Å². The molecule has 0 aliphatic heterocycles. The Hall–Kier alpha value is -2.15. The summed E-state index contributed by atoms with van der Waals surface area (Å²) in [5, 5.41) is 13.2. The highest BCUT2D eigenvalue weighted by Gasteiger charge is 2.10. The zero-order chi connectivity index (χ0) is 11.4. The van der Waals surface area contributed by atoms with Gasteiger partial charge in [0.2, 0.25) is 0 Å². The summed E-state index contributed by atoms with van der Waals surface area (Å²) in [4.78, 5) is 4.07. The summed E-state index contributed by atoms with van der Waals surface area (Å²) >= 11 is 0. The summed E-state index contributed by atoms with van der Waals surface area (Å²) in [6.45, 7) is 2.83. The van der Waals surface area contributed by atoms with Crippen LogP contribution < -0.4 is 0 Å². The molecule has 2 aromatic heterocycles. The summed E-state index contributed by atoms with van der Waals surface area (Å²) < 4.78 is 1.84. The van der Waals surface area contributed by atoms with Crippen molar-refractivity contribution in [2.24, 2.45) is 0 Å². The summed E-state index contributed by atoms with van der Waals surface area (Å²) in [7, 11) is 0. The van der Waals surface area contributed by atoms with Crippen molar-refractivity contribution in [3.8, 4) is 17.3 Å². The summed E-state index contributed by atoms with van der Waals surface area (Å²) in [5.41, 5.74) is 2.77. The van der Waals surface area contributed by atoms with Crippen molar-refractivity contribution in [2.75, 3.05) is 0 Å².